The molecule has 2 N–H and O–H groups in total. The smallest absolute Gasteiger partial charge is 0.335 e. The summed E-state index contributed by atoms with van der Waals surface area (Å²) < 4.78 is 32.3. The van der Waals surface area contributed by atoms with Crippen LogP contribution in [0.4, 0.5) is 0 Å². The summed E-state index contributed by atoms with van der Waals surface area (Å²) in [5, 5.41) is 9.02. The van der Waals surface area contributed by atoms with Crippen LogP contribution in [0.15, 0.2) is 23.1 Å². The van der Waals surface area contributed by atoms with Crippen molar-refractivity contribution < 1.29 is 23.1 Å². The molecule has 6 nitrogen and oxygen atoms in total. The van der Waals surface area contributed by atoms with Gasteiger partial charge in [-0.2, -0.15) is 0 Å². The number of hydrogen-bond donors (Lipinski definition) is 2. The van der Waals surface area contributed by atoms with Crippen LogP contribution in [-0.2, 0) is 14.8 Å². The van der Waals surface area contributed by atoms with Gasteiger partial charge in [0, 0.05) is 13.2 Å². The first kappa shape index (κ1) is 15.0. The van der Waals surface area contributed by atoms with Crippen LogP contribution in [0.1, 0.15) is 28.8 Å². The summed E-state index contributed by atoms with van der Waals surface area (Å²) in [6, 6.07) is 4.22. The molecule has 2 rings (SSSR count). The van der Waals surface area contributed by atoms with Gasteiger partial charge in [-0.1, -0.05) is 6.07 Å². The molecule has 0 spiro atoms. The Morgan fingerprint density at radius 1 is 1.50 bits per heavy atom. The highest BCUT2D eigenvalue weighted by atomic mass is 32.2. The molecule has 0 bridgehead atoms. The van der Waals surface area contributed by atoms with E-state index in [4.69, 9.17) is 9.84 Å². The summed E-state index contributed by atoms with van der Waals surface area (Å²) in [6.07, 6.45) is 1.66. The second kappa shape index (κ2) is 5.90. The minimum absolute atomic E-state index is 0.00426. The lowest BCUT2D eigenvalue weighted by Crippen LogP contribution is -2.32. The van der Waals surface area contributed by atoms with Crippen LogP contribution in [-0.4, -0.2) is 38.7 Å². The molecule has 1 heterocycles. The van der Waals surface area contributed by atoms with E-state index in [2.05, 4.69) is 4.72 Å². The minimum atomic E-state index is -3.73. The van der Waals surface area contributed by atoms with Gasteiger partial charge in [0.25, 0.3) is 0 Å². The Balaban J connectivity index is 2.20. The largest absolute Gasteiger partial charge is 0.478 e. The van der Waals surface area contributed by atoms with Crippen molar-refractivity contribution in [3.63, 3.8) is 0 Å². The zero-order chi connectivity index (χ0) is 14.8. The van der Waals surface area contributed by atoms with Crippen molar-refractivity contribution in [2.75, 3.05) is 13.2 Å². The Kier molecular flexibility index (Phi) is 4.42. The maximum atomic E-state index is 12.2. The van der Waals surface area contributed by atoms with Gasteiger partial charge in [-0.15, -0.1) is 0 Å². The van der Waals surface area contributed by atoms with Crippen molar-refractivity contribution in [2.24, 2.45) is 0 Å². The highest BCUT2D eigenvalue weighted by Crippen LogP contribution is 2.19. The van der Waals surface area contributed by atoms with E-state index in [1.807, 2.05) is 0 Å². The summed E-state index contributed by atoms with van der Waals surface area (Å²) in [6.45, 7) is 2.35. The van der Waals surface area contributed by atoms with Crippen LogP contribution < -0.4 is 4.72 Å². The lowest BCUT2D eigenvalue weighted by Gasteiger charge is -2.13. The lowest BCUT2D eigenvalue weighted by atomic mass is 10.1. The van der Waals surface area contributed by atoms with Crippen LogP contribution in [0.5, 0.6) is 0 Å². The molecule has 1 atom stereocenters. The van der Waals surface area contributed by atoms with Gasteiger partial charge in [0.15, 0.2) is 0 Å². The quantitative estimate of drug-likeness (QED) is 0.851. The first-order chi connectivity index (χ1) is 9.42. The van der Waals surface area contributed by atoms with E-state index in [1.165, 1.54) is 25.1 Å². The third-order valence-corrected chi connectivity index (χ3v) is 4.90. The van der Waals surface area contributed by atoms with Gasteiger partial charge in [0.2, 0.25) is 10.0 Å². The average molecular weight is 299 g/mol. The highest BCUT2D eigenvalue weighted by molar-refractivity contribution is 7.89. The predicted molar refractivity (Wildman–Crippen MR) is 72.3 cm³/mol. The summed E-state index contributed by atoms with van der Waals surface area (Å²) >= 11 is 0. The van der Waals surface area contributed by atoms with Crippen molar-refractivity contribution in [3.8, 4) is 0 Å². The Bertz CT molecular complexity index is 605. The van der Waals surface area contributed by atoms with Crippen LogP contribution in [0.2, 0.25) is 0 Å². The highest BCUT2D eigenvalue weighted by Gasteiger charge is 2.23. The molecule has 7 heteroatoms. The minimum Gasteiger partial charge on any atom is -0.478 e. The molecule has 0 aromatic heterocycles. The number of nitrogens with one attached hydrogen (secondary N) is 1. The first-order valence-corrected chi connectivity index (χ1v) is 7.84. The van der Waals surface area contributed by atoms with Gasteiger partial charge in [0.05, 0.1) is 16.6 Å². The Labute approximate surface area is 117 Å². The molecular weight excluding hydrogens is 282 g/mol. The number of hydrogen-bond acceptors (Lipinski definition) is 4. The Morgan fingerprint density at radius 2 is 2.25 bits per heavy atom. The third kappa shape index (κ3) is 3.17. The molecule has 1 saturated heterocycles. The molecule has 1 aliphatic heterocycles. The summed E-state index contributed by atoms with van der Waals surface area (Å²) in [7, 11) is -3.73. The van der Waals surface area contributed by atoms with E-state index >= 15 is 0 Å². The van der Waals surface area contributed by atoms with Crippen LogP contribution in [0.25, 0.3) is 0 Å². The molecule has 1 aromatic rings. The second-order valence-corrected chi connectivity index (χ2v) is 6.46. The lowest BCUT2D eigenvalue weighted by molar-refractivity contribution is 0.0695. The molecule has 1 fully saturated rings. The molecule has 0 radical (unpaired) electrons. The second-order valence-electron chi connectivity index (χ2n) is 4.72. The summed E-state index contributed by atoms with van der Waals surface area (Å²) in [5.41, 5.74) is 0.227. The summed E-state index contributed by atoms with van der Waals surface area (Å²) in [4.78, 5) is 11.0. The fourth-order valence-electron chi connectivity index (χ4n) is 2.22. The van der Waals surface area contributed by atoms with E-state index < -0.39 is 16.0 Å². The number of carboxylic acid groups (broad SMARTS) is 1. The molecule has 0 amide bonds. The molecule has 110 valence electrons. The van der Waals surface area contributed by atoms with Gasteiger partial charge in [-0.05, 0) is 37.5 Å². The number of carboxylic acids is 1. The number of ether oxygens (including phenoxy) is 1. The first-order valence-electron chi connectivity index (χ1n) is 6.36. The van der Waals surface area contributed by atoms with Crippen molar-refractivity contribution in [2.45, 2.75) is 30.8 Å². The monoisotopic (exact) mass is 299 g/mol. The van der Waals surface area contributed by atoms with Crippen molar-refractivity contribution >= 4 is 16.0 Å². The van der Waals surface area contributed by atoms with Crippen molar-refractivity contribution in [1.82, 2.24) is 4.72 Å². The van der Waals surface area contributed by atoms with Gasteiger partial charge < -0.3 is 9.84 Å². The molecule has 1 unspecified atom stereocenters. The number of sulfonamides is 1. The zero-order valence-corrected chi connectivity index (χ0v) is 11.9. The standard InChI is InChI=1S/C13H17NO5S/c1-9-11(13(15)16)5-2-6-12(9)20(17,18)14-8-10-4-3-7-19-10/h2,5-6,10,14H,3-4,7-8H2,1H3,(H,15,16). The maximum Gasteiger partial charge on any atom is 0.335 e. The number of aromatic carboxylic acids is 1. The van der Waals surface area contributed by atoms with Crippen molar-refractivity contribution in [3.05, 3.63) is 29.3 Å². The van der Waals surface area contributed by atoms with Crippen molar-refractivity contribution in [1.29, 1.82) is 0 Å². The van der Waals surface area contributed by atoms with E-state index in [0.717, 1.165) is 12.8 Å². The molecule has 0 saturated carbocycles. The van der Waals surface area contributed by atoms with Gasteiger partial charge in [-0.3, -0.25) is 0 Å². The average Bonchev–Trinajstić information content (AvgIpc) is 2.89. The fourth-order valence-corrected chi connectivity index (χ4v) is 3.55. The topological polar surface area (TPSA) is 92.7 Å². The van der Waals surface area contributed by atoms with Gasteiger partial charge >= 0.3 is 5.97 Å². The molecule has 20 heavy (non-hydrogen) atoms. The normalized spacial score (nSPS) is 19.1. The van der Waals surface area contributed by atoms with E-state index in [9.17, 15) is 13.2 Å². The number of benzene rings is 1. The molecule has 0 aliphatic carbocycles. The third-order valence-electron chi connectivity index (χ3n) is 3.33. The zero-order valence-electron chi connectivity index (χ0n) is 11.1. The van der Waals surface area contributed by atoms with Crippen LogP contribution in [0, 0.1) is 6.92 Å². The van der Waals surface area contributed by atoms with E-state index in [0.29, 0.717) is 6.61 Å². The number of carbonyl (C=O) groups is 1. The molecule has 1 aromatic carbocycles. The fraction of sp³-hybridized carbons (Fsp3) is 0.462. The maximum absolute atomic E-state index is 12.2. The molecular formula is C13H17NO5S. The Hall–Kier alpha value is -1.44. The summed E-state index contributed by atoms with van der Waals surface area (Å²) in [5.74, 6) is -1.14. The van der Waals surface area contributed by atoms with Crippen LogP contribution >= 0.6 is 0 Å². The molecule has 1 aliphatic rings. The SMILES string of the molecule is Cc1c(C(=O)O)cccc1S(=O)(=O)NCC1CCCO1. The van der Waals surface area contributed by atoms with Gasteiger partial charge in [0.1, 0.15) is 0 Å². The van der Waals surface area contributed by atoms with Crippen LogP contribution in [0.3, 0.4) is 0 Å². The van der Waals surface area contributed by atoms with E-state index in [-0.39, 0.29) is 28.7 Å². The Morgan fingerprint density at radius 3 is 2.85 bits per heavy atom. The number of rotatable bonds is 5. The van der Waals surface area contributed by atoms with E-state index in [1.54, 1.807) is 0 Å². The van der Waals surface area contributed by atoms with Gasteiger partial charge in [-0.25, -0.2) is 17.9 Å². The predicted octanol–water partition coefficient (Wildman–Crippen LogP) is 1.15.